The third-order valence-corrected chi connectivity index (χ3v) is 7.07. The third kappa shape index (κ3) is 5.30. The molecule has 0 aliphatic carbocycles. The van der Waals surface area contributed by atoms with Gasteiger partial charge < -0.3 is 24.8 Å². The van der Waals surface area contributed by atoms with E-state index >= 15 is 4.39 Å². The summed E-state index contributed by atoms with van der Waals surface area (Å²) in [6, 6.07) is 12.8. The lowest BCUT2D eigenvalue weighted by Gasteiger charge is -2.19. The number of amides is 2. The highest BCUT2D eigenvalue weighted by molar-refractivity contribution is 6.02. The number of nitrogens with zero attached hydrogens (tertiary/aromatic N) is 3. The van der Waals surface area contributed by atoms with E-state index in [2.05, 4.69) is 15.3 Å². The van der Waals surface area contributed by atoms with Gasteiger partial charge in [-0.05, 0) is 42.7 Å². The lowest BCUT2D eigenvalue weighted by Crippen LogP contribution is -2.27. The summed E-state index contributed by atoms with van der Waals surface area (Å²) < 4.78 is 21.1. The fourth-order valence-electron chi connectivity index (χ4n) is 5.04. The molecule has 0 atom stereocenters. The first-order chi connectivity index (χ1) is 18.9. The van der Waals surface area contributed by atoms with Crippen molar-refractivity contribution in [3.8, 4) is 28.0 Å². The Kier molecular flexibility index (Phi) is 7.49. The number of H-pyrrole nitrogens is 1. The number of nitrogens with one attached hydrogen (secondary N) is 2. The summed E-state index contributed by atoms with van der Waals surface area (Å²) in [5.74, 6) is 0.0709. The van der Waals surface area contributed by atoms with Crippen LogP contribution in [0.1, 0.15) is 29.6 Å². The van der Waals surface area contributed by atoms with Gasteiger partial charge in [-0.1, -0.05) is 18.2 Å². The topological polar surface area (TPSA) is 90.6 Å². The standard InChI is InChI=1S/C30H32FN5O3/c1-35(2)30(38)23-14-19(16-25(31)28(23)32-11-7-13-36-12-6-10-27(36)37)20-15-22-24(18-34-29(22)33-17-20)21-8-4-5-9-26(21)39-3/h4-5,8-9,14-18,32H,6-7,10-13H2,1-3H3,(H,33,34). The van der Waals surface area contributed by atoms with Crippen molar-refractivity contribution >= 4 is 28.5 Å². The van der Waals surface area contributed by atoms with Crippen molar-refractivity contribution in [2.75, 3.05) is 46.2 Å². The van der Waals surface area contributed by atoms with Crippen molar-refractivity contribution < 1.29 is 18.7 Å². The highest BCUT2D eigenvalue weighted by Crippen LogP contribution is 2.37. The van der Waals surface area contributed by atoms with Crippen molar-refractivity contribution in [3.63, 3.8) is 0 Å². The predicted molar refractivity (Wildman–Crippen MR) is 150 cm³/mol. The molecule has 2 amide bonds. The molecule has 9 heteroatoms. The number of benzene rings is 2. The Morgan fingerprint density at radius 1 is 1.18 bits per heavy atom. The molecule has 0 radical (unpaired) electrons. The van der Waals surface area contributed by atoms with Gasteiger partial charge >= 0.3 is 0 Å². The third-order valence-electron chi connectivity index (χ3n) is 7.07. The molecule has 2 N–H and O–H groups in total. The van der Waals surface area contributed by atoms with E-state index in [9.17, 15) is 9.59 Å². The zero-order chi connectivity index (χ0) is 27.5. The molecule has 0 saturated carbocycles. The maximum atomic E-state index is 15.6. The van der Waals surface area contributed by atoms with Crippen LogP contribution in [0.2, 0.25) is 0 Å². The molecular formula is C30H32FN5O3. The molecule has 1 aliphatic rings. The van der Waals surface area contributed by atoms with Gasteiger partial charge in [0.05, 0.1) is 18.4 Å². The molecule has 1 fully saturated rings. The molecule has 0 unspecified atom stereocenters. The number of ether oxygens (including phenoxy) is 1. The largest absolute Gasteiger partial charge is 0.496 e. The average molecular weight is 530 g/mol. The summed E-state index contributed by atoms with van der Waals surface area (Å²) in [6.07, 6.45) is 5.68. The van der Waals surface area contributed by atoms with Gasteiger partial charge in [-0.3, -0.25) is 9.59 Å². The average Bonchev–Trinajstić information content (AvgIpc) is 3.56. The summed E-state index contributed by atoms with van der Waals surface area (Å²) in [6.45, 7) is 1.82. The molecular weight excluding hydrogens is 497 g/mol. The molecule has 39 heavy (non-hydrogen) atoms. The quantitative estimate of drug-likeness (QED) is 0.292. The van der Waals surface area contributed by atoms with Crippen LogP contribution >= 0.6 is 0 Å². The second-order valence-electron chi connectivity index (χ2n) is 9.87. The van der Waals surface area contributed by atoms with Gasteiger partial charge in [0, 0.05) is 74.6 Å². The van der Waals surface area contributed by atoms with Gasteiger partial charge in [-0.15, -0.1) is 0 Å². The molecule has 0 spiro atoms. The summed E-state index contributed by atoms with van der Waals surface area (Å²) in [7, 11) is 4.91. The van der Waals surface area contributed by atoms with Crippen LogP contribution in [-0.4, -0.2) is 72.4 Å². The summed E-state index contributed by atoms with van der Waals surface area (Å²) in [5.41, 5.74) is 4.16. The Hall–Kier alpha value is -4.40. The molecule has 4 aromatic rings. The fourth-order valence-corrected chi connectivity index (χ4v) is 5.04. The van der Waals surface area contributed by atoms with Crippen LogP contribution in [-0.2, 0) is 4.79 Å². The van der Waals surface area contributed by atoms with E-state index in [1.165, 1.54) is 11.0 Å². The zero-order valence-electron chi connectivity index (χ0n) is 22.4. The number of hydrogen-bond donors (Lipinski definition) is 2. The van der Waals surface area contributed by atoms with Crippen LogP contribution < -0.4 is 10.1 Å². The minimum Gasteiger partial charge on any atom is -0.496 e. The van der Waals surface area contributed by atoms with E-state index in [0.29, 0.717) is 42.7 Å². The monoisotopic (exact) mass is 529 g/mol. The molecule has 0 bridgehead atoms. The smallest absolute Gasteiger partial charge is 0.255 e. The number of carbonyl (C=O) groups is 2. The lowest BCUT2D eigenvalue weighted by atomic mass is 9.99. The van der Waals surface area contributed by atoms with Gasteiger partial charge in [0.1, 0.15) is 17.2 Å². The maximum Gasteiger partial charge on any atom is 0.255 e. The first-order valence-electron chi connectivity index (χ1n) is 13.0. The highest BCUT2D eigenvalue weighted by Gasteiger charge is 2.22. The Bertz CT molecular complexity index is 1530. The number of aromatic amines is 1. The van der Waals surface area contributed by atoms with E-state index in [4.69, 9.17) is 4.74 Å². The first-order valence-corrected chi connectivity index (χ1v) is 13.0. The van der Waals surface area contributed by atoms with Gasteiger partial charge in [-0.25, -0.2) is 9.37 Å². The first kappa shape index (κ1) is 26.2. The second kappa shape index (κ2) is 11.1. The number of rotatable bonds is 9. The van der Waals surface area contributed by atoms with Crippen LogP contribution in [0.3, 0.4) is 0 Å². The molecule has 5 rings (SSSR count). The van der Waals surface area contributed by atoms with Gasteiger partial charge in [0.25, 0.3) is 5.91 Å². The van der Waals surface area contributed by atoms with Gasteiger partial charge in [-0.2, -0.15) is 0 Å². The molecule has 1 aliphatic heterocycles. The predicted octanol–water partition coefficient (Wildman–Crippen LogP) is 5.17. The number of para-hydroxylation sites is 1. The summed E-state index contributed by atoms with van der Waals surface area (Å²) >= 11 is 0. The number of halogens is 1. The summed E-state index contributed by atoms with van der Waals surface area (Å²) in [4.78, 5) is 36.0. The van der Waals surface area contributed by atoms with Crippen LogP contribution in [0.25, 0.3) is 33.3 Å². The molecule has 3 heterocycles. The Labute approximate surface area is 226 Å². The maximum absolute atomic E-state index is 15.6. The fraction of sp³-hybridized carbons (Fsp3) is 0.300. The van der Waals surface area contributed by atoms with E-state index in [0.717, 1.165) is 35.2 Å². The van der Waals surface area contributed by atoms with E-state index in [-0.39, 0.29) is 23.1 Å². The van der Waals surface area contributed by atoms with Gasteiger partial charge in [0.2, 0.25) is 5.91 Å². The van der Waals surface area contributed by atoms with Crippen molar-refractivity contribution in [3.05, 3.63) is 66.2 Å². The minimum absolute atomic E-state index is 0.163. The van der Waals surface area contributed by atoms with Gasteiger partial charge in [0.15, 0.2) is 0 Å². The minimum atomic E-state index is -0.519. The second-order valence-corrected chi connectivity index (χ2v) is 9.87. The number of pyridine rings is 1. The molecule has 1 saturated heterocycles. The zero-order valence-corrected chi connectivity index (χ0v) is 22.4. The molecule has 8 nitrogen and oxygen atoms in total. The lowest BCUT2D eigenvalue weighted by molar-refractivity contribution is -0.127. The van der Waals surface area contributed by atoms with E-state index in [1.54, 1.807) is 33.5 Å². The highest BCUT2D eigenvalue weighted by atomic mass is 19.1. The molecule has 2 aromatic heterocycles. The summed E-state index contributed by atoms with van der Waals surface area (Å²) in [5, 5.41) is 3.97. The number of aromatic nitrogens is 2. The van der Waals surface area contributed by atoms with Crippen LogP contribution in [0.15, 0.2) is 54.9 Å². The number of fused-ring (bicyclic) bond motifs is 1. The molecule has 202 valence electrons. The Morgan fingerprint density at radius 3 is 2.74 bits per heavy atom. The van der Waals surface area contributed by atoms with Crippen LogP contribution in [0, 0.1) is 5.82 Å². The van der Waals surface area contributed by atoms with Crippen LogP contribution in [0.5, 0.6) is 5.75 Å². The number of anilines is 1. The van der Waals surface area contributed by atoms with E-state index in [1.807, 2.05) is 41.4 Å². The van der Waals surface area contributed by atoms with Crippen molar-refractivity contribution in [1.29, 1.82) is 0 Å². The van der Waals surface area contributed by atoms with Crippen molar-refractivity contribution in [2.24, 2.45) is 0 Å². The van der Waals surface area contributed by atoms with Crippen molar-refractivity contribution in [1.82, 2.24) is 19.8 Å². The number of hydrogen-bond acceptors (Lipinski definition) is 5. The number of likely N-dealkylation sites (tertiary alicyclic amines) is 1. The van der Waals surface area contributed by atoms with Crippen molar-refractivity contribution in [2.45, 2.75) is 19.3 Å². The normalized spacial score (nSPS) is 13.2. The Balaban J connectivity index is 1.47. The molecule has 2 aromatic carbocycles. The van der Waals surface area contributed by atoms with E-state index < -0.39 is 5.82 Å². The van der Waals surface area contributed by atoms with Crippen LogP contribution in [0.4, 0.5) is 10.1 Å². The number of methoxy groups -OCH3 is 1. The SMILES string of the molecule is COc1ccccc1-c1c[nH]c2ncc(-c3cc(F)c(NCCCN4CCCC4=O)c(C(=O)N(C)C)c3)cc12. The number of carbonyl (C=O) groups excluding carboxylic acids is 2. The Morgan fingerprint density at radius 2 is 2.00 bits per heavy atom.